The molecule has 7 heteroatoms. The van der Waals surface area contributed by atoms with Gasteiger partial charge in [0.25, 0.3) is 0 Å². The summed E-state index contributed by atoms with van der Waals surface area (Å²) in [6.45, 7) is 0. The van der Waals surface area contributed by atoms with Gasteiger partial charge < -0.3 is 20.4 Å². The summed E-state index contributed by atoms with van der Waals surface area (Å²) in [6, 6.07) is 1.36. The fraction of sp³-hybridized carbons (Fsp3) is 0. The SMILES string of the molecule is O=C(O)c1cc(O)c(C(=O)O)cc1O.[InH3]. The number of aromatic carboxylic acids is 2. The minimum absolute atomic E-state index is 0. The van der Waals surface area contributed by atoms with E-state index in [0.717, 1.165) is 0 Å². The van der Waals surface area contributed by atoms with Crippen molar-refractivity contribution >= 4 is 37.8 Å². The van der Waals surface area contributed by atoms with Crippen LogP contribution in [0.3, 0.4) is 0 Å². The Labute approximate surface area is 103 Å². The van der Waals surface area contributed by atoms with E-state index < -0.39 is 34.6 Å². The summed E-state index contributed by atoms with van der Waals surface area (Å²) >= 11 is 0. The van der Waals surface area contributed by atoms with E-state index in [-0.39, 0.29) is 25.8 Å². The molecule has 0 saturated heterocycles. The molecule has 0 bridgehead atoms. The second-order valence-corrected chi connectivity index (χ2v) is 2.50. The van der Waals surface area contributed by atoms with Gasteiger partial charge in [-0.3, -0.25) is 0 Å². The second-order valence-electron chi connectivity index (χ2n) is 2.50. The van der Waals surface area contributed by atoms with Crippen LogP contribution in [0.25, 0.3) is 0 Å². The van der Waals surface area contributed by atoms with Crippen LogP contribution in [-0.2, 0) is 0 Å². The van der Waals surface area contributed by atoms with Gasteiger partial charge in [-0.05, 0) is 12.1 Å². The van der Waals surface area contributed by atoms with Crippen LogP contribution in [0, 0.1) is 0 Å². The fourth-order valence-corrected chi connectivity index (χ4v) is 0.919. The van der Waals surface area contributed by atoms with Gasteiger partial charge in [0.2, 0.25) is 0 Å². The summed E-state index contributed by atoms with van der Waals surface area (Å²) in [5.41, 5.74) is -1.10. The van der Waals surface area contributed by atoms with Crippen LogP contribution in [0.4, 0.5) is 0 Å². The molecular formula is C8H9InO6. The third-order valence-electron chi connectivity index (χ3n) is 1.57. The minimum atomic E-state index is -1.45. The molecule has 4 N–H and O–H groups in total. The Kier molecular flexibility index (Phi) is 4.47. The summed E-state index contributed by atoms with van der Waals surface area (Å²) in [6.07, 6.45) is 0. The van der Waals surface area contributed by atoms with Gasteiger partial charge in [0, 0.05) is 0 Å². The molecule has 0 aliphatic rings. The average Bonchev–Trinajstić information content (AvgIpc) is 2.07. The molecule has 0 fully saturated rings. The van der Waals surface area contributed by atoms with E-state index in [1.807, 2.05) is 0 Å². The molecule has 0 heterocycles. The molecule has 0 radical (unpaired) electrons. The van der Waals surface area contributed by atoms with Gasteiger partial charge in [0.05, 0.1) is 0 Å². The number of phenols is 2. The standard InChI is InChI=1S/C8H6O6.In.3H/c9-5-1-3(7(11)12)6(10)2-4(5)8(13)14;;;;/h1-2,9-10H,(H,11,12)(H,13,14);;;;. The second kappa shape index (κ2) is 4.92. The quantitative estimate of drug-likeness (QED) is 0.537. The fourth-order valence-electron chi connectivity index (χ4n) is 0.919. The van der Waals surface area contributed by atoms with E-state index in [2.05, 4.69) is 0 Å². The summed E-state index contributed by atoms with van der Waals surface area (Å²) in [5.74, 6) is -4.30. The zero-order valence-corrected chi connectivity index (χ0v) is 6.76. The van der Waals surface area contributed by atoms with Crippen molar-refractivity contribution in [3.8, 4) is 11.5 Å². The van der Waals surface area contributed by atoms with E-state index in [4.69, 9.17) is 20.4 Å². The molecular weight excluding hydrogens is 307 g/mol. The predicted octanol–water partition coefficient (Wildman–Crippen LogP) is -0.690. The number of carbonyl (C=O) groups is 2. The van der Waals surface area contributed by atoms with Crippen molar-refractivity contribution in [3.63, 3.8) is 0 Å². The first-order chi connectivity index (χ1) is 6.43. The van der Waals surface area contributed by atoms with Crippen molar-refractivity contribution in [3.05, 3.63) is 23.3 Å². The number of hydrogen-bond donors (Lipinski definition) is 4. The summed E-state index contributed by atoms with van der Waals surface area (Å²) in [4.78, 5) is 20.9. The number of hydrogen-bond acceptors (Lipinski definition) is 4. The Balaban J connectivity index is 0.00000196. The first-order valence-electron chi connectivity index (χ1n) is 3.46. The molecule has 0 amide bonds. The topological polar surface area (TPSA) is 115 Å². The normalized spacial score (nSPS) is 9.07. The molecule has 0 atom stereocenters. The number of rotatable bonds is 2. The molecule has 80 valence electrons. The number of carboxylic acid groups (broad SMARTS) is 2. The molecule has 1 rings (SSSR count). The summed E-state index contributed by atoms with van der Waals surface area (Å²) < 4.78 is 0. The van der Waals surface area contributed by atoms with Gasteiger partial charge in [-0.25, -0.2) is 9.59 Å². The predicted molar refractivity (Wildman–Crippen MR) is 53.6 cm³/mol. The van der Waals surface area contributed by atoms with Gasteiger partial charge in [-0.2, -0.15) is 0 Å². The Morgan fingerprint density at radius 2 is 1.13 bits per heavy atom. The molecule has 0 aliphatic carbocycles. The van der Waals surface area contributed by atoms with Crippen LogP contribution in [0.1, 0.15) is 20.7 Å². The molecule has 0 unspecified atom stereocenters. The van der Waals surface area contributed by atoms with Crippen LogP contribution < -0.4 is 0 Å². The van der Waals surface area contributed by atoms with E-state index in [0.29, 0.717) is 12.1 Å². The van der Waals surface area contributed by atoms with Crippen LogP contribution >= 0.6 is 0 Å². The molecule has 0 aromatic heterocycles. The number of carboxylic acids is 2. The first-order valence-corrected chi connectivity index (χ1v) is 3.46. The molecule has 0 aliphatic heterocycles. The van der Waals surface area contributed by atoms with Gasteiger partial charge in [-0.1, -0.05) is 0 Å². The third-order valence-corrected chi connectivity index (χ3v) is 1.57. The van der Waals surface area contributed by atoms with Crippen molar-refractivity contribution < 1.29 is 30.0 Å². The Bertz CT molecular complexity index is 374. The molecule has 1 aromatic carbocycles. The Hall–Kier alpha value is -1.37. The Morgan fingerprint density at radius 1 is 0.867 bits per heavy atom. The number of aromatic hydroxyl groups is 2. The van der Waals surface area contributed by atoms with Crippen LogP contribution in [0.5, 0.6) is 11.5 Å². The molecule has 6 nitrogen and oxygen atoms in total. The average molecular weight is 316 g/mol. The van der Waals surface area contributed by atoms with Crippen molar-refractivity contribution in [2.45, 2.75) is 0 Å². The Morgan fingerprint density at radius 3 is 1.33 bits per heavy atom. The summed E-state index contributed by atoms with van der Waals surface area (Å²) in [7, 11) is 0. The van der Waals surface area contributed by atoms with Crippen LogP contribution in [0.2, 0.25) is 0 Å². The van der Waals surface area contributed by atoms with Crippen molar-refractivity contribution in [2.24, 2.45) is 0 Å². The van der Waals surface area contributed by atoms with Crippen LogP contribution in [0.15, 0.2) is 12.1 Å². The van der Waals surface area contributed by atoms with E-state index in [1.54, 1.807) is 0 Å². The van der Waals surface area contributed by atoms with Gasteiger partial charge in [0.15, 0.2) is 0 Å². The molecule has 15 heavy (non-hydrogen) atoms. The van der Waals surface area contributed by atoms with E-state index in [9.17, 15) is 9.59 Å². The van der Waals surface area contributed by atoms with Crippen molar-refractivity contribution in [2.75, 3.05) is 0 Å². The van der Waals surface area contributed by atoms with E-state index >= 15 is 0 Å². The zero-order chi connectivity index (χ0) is 10.9. The maximum absolute atomic E-state index is 10.4. The van der Waals surface area contributed by atoms with E-state index in [1.165, 1.54) is 0 Å². The van der Waals surface area contributed by atoms with Crippen molar-refractivity contribution in [1.29, 1.82) is 0 Å². The zero-order valence-electron chi connectivity index (χ0n) is 6.76. The molecule has 0 saturated carbocycles. The first kappa shape index (κ1) is 13.6. The monoisotopic (exact) mass is 316 g/mol. The van der Waals surface area contributed by atoms with Gasteiger partial charge in [0.1, 0.15) is 22.6 Å². The van der Waals surface area contributed by atoms with Gasteiger partial charge >= 0.3 is 37.8 Å². The van der Waals surface area contributed by atoms with Crippen LogP contribution in [-0.4, -0.2) is 58.2 Å². The number of benzene rings is 1. The molecule has 1 aromatic rings. The van der Waals surface area contributed by atoms with Crippen molar-refractivity contribution in [1.82, 2.24) is 0 Å². The molecule has 0 spiro atoms. The van der Waals surface area contributed by atoms with Gasteiger partial charge in [-0.15, -0.1) is 0 Å². The maximum atomic E-state index is 10.4. The summed E-state index contributed by atoms with van der Waals surface area (Å²) in [5, 5.41) is 35.2. The third kappa shape index (κ3) is 2.79.